The average molecular weight is 375 g/mol. The lowest BCUT2D eigenvalue weighted by Crippen LogP contribution is -2.31. The van der Waals surface area contributed by atoms with Crippen molar-refractivity contribution in [3.05, 3.63) is 64.2 Å². The minimum Gasteiger partial charge on any atom is -0.380 e. The van der Waals surface area contributed by atoms with Crippen LogP contribution < -0.4 is 5.32 Å². The van der Waals surface area contributed by atoms with Gasteiger partial charge in [-0.05, 0) is 36.8 Å². The molecule has 2 heterocycles. The van der Waals surface area contributed by atoms with Gasteiger partial charge in [0.25, 0.3) is 5.91 Å². The summed E-state index contributed by atoms with van der Waals surface area (Å²) >= 11 is 7.63. The van der Waals surface area contributed by atoms with Crippen LogP contribution in [-0.2, 0) is 0 Å². The van der Waals surface area contributed by atoms with Gasteiger partial charge in [-0.25, -0.2) is 4.39 Å². The van der Waals surface area contributed by atoms with E-state index in [9.17, 15) is 9.18 Å². The number of amides is 1. The Kier molecular flexibility index (Phi) is 4.36. The van der Waals surface area contributed by atoms with Gasteiger partial charge in [-0.2, -0.15) is 0 Å². The van der Waals surface area contributed by atoms with E-state index in [1.807, 2.05) is 35.2 Å². The molecule has 1 N–H and O–H groups in total. The second-order valence-corrected chi connectivity index (χ2v) is 7.56. The minimum atomic E-state index is -0.322. The third kappa shape index (κ3) is 3.22. The van der Waals surface area contributed by atoms with Crippen molar-refractivity contribution in [3.8, 4) is 0 Å². The number of hydrogen-bond donors (Lipinski definition) is 1. The number of carbonyl (C=O) groups excluding carboxylic acids is 1. The normalized spacial score (nSPS) is 17.2. The van der Waals surface area contributed by atoms with Gasteiger partial charge in [-0.1, -0.05) is 29.8 Å². The van der Waals surface area contributed by atoms with E-state index in [2.05, 4.69) is 5.32 Å². The second-order valence-electron chi connectivity index (χ2n) is 6.13. The van der Waals surface area contributed by atoms with Crippen molar-refractivity contribution in [2.75, 3.05) is 18.4 Å². The van der Waals surface area contributed by atoms with Crippen LogP contribution >= 0.6 is 22.9 Å². The SMILES string of the molecule is O=C(c1sc2cc(F)ccc2c1Cl)N1CCC(Nc2ccccc2)C1. The van der Waals surface area contributed by atoms with Crippen LogP contribution in [0.15, 0.2) is 48.5 Å². The Hall–Kier alpha value is -2.11. The summed E-state index contributed by atoms with van der Waals surface area (Å²) in [7, 11) is 0. The molecular formula is C19H16ClFN2OS. The molecule has 0 bridgehead atoms. The van der Waals surface area contributed by atoms with Gasteiger partial charge >= 0.3 is 0 Å². The van der Waals surface area contributed by atoms with Crippen molar-refractivity contribution >= 4 is 44.6 Å². The number of fused-ring (bicyclic) bond motifs is 1. The Morgan fingerprint density at radius 3 is 2.84 bits per heavy atom. The Morgan fingerprint density at radius 2 is 2.04 bits per heavy atom. The first-order chi connectivity index (χ1) is 12.1. The van der Waals surface area contributed by atoms with E-state index in [-0.39, 0.29) is 17.8 Å². The van der Waals surface area contributed by atoms with Crippen molar-refractivity contribution in [3.63, 3.8) is 0 Å². The molecule has 1 amide bonds. The molecule has 25 heavy (non-hydrogen) atoms. The number of benzene rings is 2. The molecule has 1 fully saturated rings. The van der Waals surface area contributed by atoms with Crippen LogP contribution in [0, 0.1) is 5.82 Å². The summed E-state index contributed by atoms with van der Waals surface area (Å²) < 4.78 is 14.1. The van der Waals surface area contributed by atoms with Crippen LogP contribution in [0.25, 0.3) is 10.1 Å². The minimum absolute atomic E-state index is 0.0797. The Labute approximate surface area is 154 Å². The number of carbonyl (C=O) groups is 1. The molecule has 0 radical (unpaired) electrons. The van der Waals surface area contributed by atoms with Gasteiger partial charge < -0.3 is 10.2 Å². The number of para-hydroxylation sites is 1. The molecule has 1 atom stereocenters. The van der Waals surface area contributed by atoms with Crippen LogP contribution in [-0.4, -0.2) is 29.9 Å². The summed E-state index contributed by atoms with van der Waals surface area (Å²) in [6.07, 6.45) is 0.887. The molecule has 0 spiro atoms. The molecule has 3 nitrogen and oxygen atoms in total. The highest BCUT2D eigenvalue weighted by Gasteiger charge is 2.29. The highest BCUT2D eigenvalue weighted by Crippen LogP contribution is 2.37. The number of hydrogen-bond acceptors (Lipinski definition) is 3. The highest BCUT2D eigenvalue weighted by atomic mass is 35.5. The molecule has 128 valence electrons. The number of thiophene rings is 1. The lowest BCUT2D eigenvalue weighted by Gasteiger charge is -2.17. The molecule has 0 saturated carbocycles. The summed E-state index contributed by atoms with van der Waals surface area (Å²) in [5.41, 5.74) is 1.05. The predicted octanol–water partition coefficient (Wildman–Crippen LogP) is 5.02. The average Bonchev–Trinajstić information content (AvgIpc) is 3.20. The first-order valence-electron chi connectivity index (χ1n) is 8.10. The van der Waals surface area contributed by atoms with Crippen LogP contribution in [0.1, 0.15) is 16.1 Å². The summed E-state index contributed by atoms with van der Waals surface area (Å²) in [5, 5.41) is 4.60. The van der Waals surface area contributed by atoms with E-state index in [1.165, 1.54) is 23.5 Å². The van der Waals surface area contributed by atoms with Gasteiger partial charge in [0.2, 0.25) is 0 Å². The third-order valence-corrected chi connectivity index (χ3v) is 6.05. The van der Waals surface area contributed by atoms with Crippen molar-refractivity contribution in [2.45, 2.75) is 12.5 Å². The second kappa shape index (κ2) is 6.65. The fourth-order valence-electron chi connectivity index (χ4n) is 3.15. The maximum absolute atomic E-state index is 13.4. The predicted molar refractivity (Wildman–Crippen MR) is 101 cm³/mol. The Bertz CT molecular complexity index is 928. The molecule has 1 aromatic heterocycles. The van der Waals surface area contributed by atoms with Crippen molar-refractivity contribution in [1.82, 2.24) is 4.90 Å². The first-order valence-corrected chi connectivity index (χ1v) is 9.29. The Morgan fingerprint density at radius 1 is 1.24 bits per heavy atom. The van der Waals surface area contributed by atoms with E-state index < -0.39 is 0 Å². The van der Waals surface area contributed by atoms with Crippen molar-refractivity contribution in [2.24, 2.45) is 0 Å². The molecule has 1 unspecified atom stereocenters. The van der Waals surface area contributed by atoms with Crippen LogP contribution in [0.2, 0.25) is 5.02 Å². The van der Waals surface area contributed by atoms with Gasteiger partial charge in [-0.3, -0.25) is 4.79 Å². The molecule has 1 saturated heterocycles. The van der Waals surface area contributed by atoms with Gasteiger partial charge in [0, 0.05) is 34.9 Å². The van der Waals surface area contributed by atoms with Crippen LogP contribution in [0.5, 0.6) is 0 Å². The molecule has 4 rings (SSSR count). The molecule has 3 aromatic rings. The van der Waals surface area contributed by atoms with Gasteiger partial charge in [0.1, 0.15) is 10.7 Å². The summed E-state index contributed by atoms with van der Waals surface area (Å²) in [6, 6.07) is 14.6. The van der Waals surface area contributed by atoms with E-state index >= 15 is 0 Å². The fourth-order valence-corrected chi connectivity index (χ4v) is 4.66. The Balaban J connectivity index is 1.51. The quantitative estimate of drug-likeness (QED) is 0.698. The molecule has 0 aliphatic carbocycles. The zero-order chi connectivity index (χ0) is 17.4. The number of rotatable bonds is 3. The first kappa shape index (κ1) is 16.4. The molecule has 1 aliphatic heterocycles. The standard InChI is InChI=1S/C19H16ClFN2OS/c20-17-15-7-6-12(21)10-16(15)25-18(17)19(24)23-9-8-14(11-23)22-13-4-2-1-3-5-13/h1-7,10,14,22H,8-9,11H2. The zero-order valence-corrected chi connectivity index (χ0v) is 14.9. The van der Waals surface area contributed by atoms with E-state index in [0.29, 0.717) is 27.7 Å². The summed E-state index contributed by atoms with van der Waals surface area (Å²) in [6.45, 7) is 1.31. The van der Waals surface area contributed by atoms with Gasteiger partial charge in [0.15, 0.2) is 0 Å². The van der Waals surface area contributed by atoms with Crippen molar-refractivity contribution in [1.29, 1.82) is 0 Å². The molecule has 1 aliphatic rings. The van der Waals surface area contributed by atoms with Crippen molar-refractivity contribution < 1.29 is 9.18 Å². The highest BCUT2D eigenvalue weighted by molar-refractivity contribution is 7.21. The summed E-state index contributed by atoms with van der Waals surface area (Å²) in [4.78, 5) is 15.2. The topological polar surface area (TPSA) is 32.3 Å². The number of nitrogens with zero attached hydrogens (tertiary/aromatic N) is 1. The number of likely N-dealkylation sites (tertiary alicyclic amines) is 1. The largest absolute Gasteiger partial charge is 0.380 e. The maximum Gasteiger partial charge on any atom is 0.265 e. The third-order valence-electron chi connectivity index (χ3n) is 4.41. The molecule has 2 aromatic carbocycles. The van der Waals surface area contributed by atoms with Crippen LogP contribution in [0.4, 0.5) is 10.1 Å². The van der Waals surface area contributed by atoms with E-state index in [1.54, 1.807) is 6.07 Å². The zero-order valence-electron chi connectivity index (χ0n) is 13.3. The summed E-state index contributed by atoms with van der Waals surface area (Å²) in [5.74, 6) is -0.401. The molecular weight excluding hydrogens is 359 g/mol. The monoisotopic (exact) mass is 374 g/mol. The molecule has 6 heteroatoms. The lowest BCUT2D eigenvalue weighted by molar-refractivity contribution is 0.0796. The van der Waals surface area contributed by atoms with E-state index in [4.69, 9.17) is 11.6 Å². The van der Waals surface area contributed by atoms with E-state index in [0.717, 1.165) is 17.5 Å². The number of halogens is 2. The smallest absolute Gasteiger partial charge is 0.265 e. The van der Waals surface area contributed by atoms with Crippen LogP contribution in [0.3, 0.4) is 0 Å². The fraction of sp³-hybridized carbons (Fsp3) is 0.211. The number of nitrogens with one attached hydrogen (secondary N) is 1. The maximum atomic E-state index is 13.4. The van der Waals surface area contributed by atoms with Gasteiger partial charge in [-0.15, -0.1) is 11.3 Å². The van der Waals surface area contributed by atoms with Gasteiger partial charge in [0.05, 0.1) is 5.02 Å². The number of anilines is 1. The lowest BCUT2D eigenvalue weighted by atomic mass is 10.2.